The predicted molar refractivity (Wildman–Crippen MR) is 122 cm³/mol. The topological polar surface area (TPSA) is 75.4 Å². The largest absolute Gasteiger partial charge is 0.398 e. The molecule has 0 saturated carbocycles. The van der Waals surface area contributed by atoms with Crippen LogP contribution in [0.3, 0.4) is 0 Å². The van der Waals surface area contributed by atoms with Crippen molar-refractivity contribution in [2.45, 2.75) is 40.0 Å². The minimum Gasteiger partial charge on any atom is -0.398 e. The SMILES string of the molecule is CC(C)(C)CC(=O)Nc1ccc(Cl)c(C(=O)N2CCCc3c(N)cccc32)c1.Cl. The van der Waals surface area contributed by atoms with Crippen molar-refractivity contribution in [1.29, 1.82) is 0 Å². The molecule has 0 aromatic heterocycles. The van der Waals surface area contributed by atoms with Crippen molar-refractivity contribution in [1.82, 2.24) is 0 Å². The summed E-state index contributed by atoms with van der Waals surface area (Å²) in [6.45, 7) is 6.61. The van der Waals surface area contributed by atoms with Crippen LogP contribution in [-0.2, 0) is 11.2 Å². The van der Waals surface area contributed by atoms with Crippen molar-refractivity contribution in [3.8, 4) is 0 Å². The average molecular weight is 436 g/mol. The van der Waals surface area contributed by atoms with Gasteiger partial charge >= 0.3 is 0 Å². The number of halogens is 2. The Morgan fingerprint density at radius 2 is 1.93 bits per heavy atom. The van der Waals surface area contributed by atoms with E-state index in [9.17, 15) is 9.59 Å². The number of nitrogen functional groups attached to an aromatic ring is 1. The maximum absolute atomic E-state index is 13.2. The van der Waals surface area contributed by atoms with E-state index in [2.05, 4.69) is 5.32 Å². The molecule has 0 spiro atoms. The molecule has 1 heterocycles. The number of nitrogens with zero attached hydrogens (tertiary/aromatic N) is 1. The Morgan fingerprint density at radius 1 is 1.21 bits per heavy atom. The lowest BCUT2D eigenvalue weighted by Gasteiger charge is -2.30. The van der Waals surface area contributed by atoms with Crippen molar-refractivity contribution in [3.05, 3.63) is 52.5 Å². The zero-order valence-electron chi connectivity index (χ0n) is 16.9. The van der Waals surface area contributed by atoms with Crippen LogP contribution < -0.4 is 16.0 Å². The van der Waals surface area contributed by atoms with Crippen LogP contribution in [0.4, 0.5) is 17.1 Å². The van der Waals surface area contributed by atoms with Gasteiger partial charge in [0, 0.05) is 30.0 Å². The zero-order chi connectivity index (χ0) is 20.5. The average Bonchev–Trinajstić information content (AvgIpc) is 2.61. The molecule has 156 valence electrons. The Kier molecular flexibility index (Phi) is 7.20. The molecule has 7 heteroatoms. The van der Waals surface area contributed by atoms with E-state index in [4.69, 9.17) is 17.3 Å². The van der Waals surface area contributed by atoms with Crippen molar-refractivity contribution in [3.63, 3.8) is 0 Å². The van der Waals surface area contributed by atoms with Crippen LogP contribution in [0, 0.1) is 5.41 Å². The van der Waals surface area contributed by atoms with E-state index in [1.807, 2.05) is 39.0 Å². The molecule has 0 aliphatic carbocycles. The summed E-state index contributed by atoms with van der Waals surface area (Å²) in [4.78, 5) is 27.2. The molecule has 29 heavy (non-hydrogen) atoms. The number of carbonyl (C=O) groups is 2. The fourth-order valence-electron chi connectivity index (χ4n) is 3.46. The normalized spacial score (nSPS) is 13.3. The molecule has 3 rings (SSSR count). The molecule has 0 radical (unpaired) electrons. The minimum absolute atomic E-state index is 0. The Labute approximate surface area is 183 Å². The van der Waals surface area contributed by atoms with E-state index in [1.165, 1.54) is 0 Å². The monoisotopic (exact) mass is 435 g/mol. The first-order chi connectivity index (χ1) is 13.2. The quantitative estimate of drug-likeness (QED) is 0.641. The molecule has 0 unspecified atom stereocenters. The van der Waals surface area contributed by atoms with Gasteiger partial charge in [0.1, 0.15) is 0 Å². The summed E-state index contributed by atoms with van der Waals surface area (Å²) < 4.78 is 0. The number of fused-ring (bicyclic) bond motifs is 1. The number of rotatable bonds is 3. The van der Waals surface area contributed by atoms with Gasteiger partial charge in [-0.05, 0) is 54.2 Å². The minimum atomic E-state index is -0.191. The van der Waals surface area contributed by atoms with E-state index < -0.39 is 0 Å². The molecule has 5 nitrogen and oxygen atoms in total. The van der Waals surface area contributed by atoms with Crippen molar-refractivity contribution in [2.75, 3.05) is 22.5 Å². The highest BCUT2D eigenvalue weighted by atomic mass is 35.5. The summed E-state index contributed by atoms with van der Waals surface area (Å²) in [5.41, 5.74) is 9.42. The van der Waals surface area contributed by atoms with E-state index in [0.29, 0.717) is 34.9 Å². The Hall–Kier alpha value is -2.24. The number of hydrogen-bond acceptors (Lipinski definition) is 3. The third-order valence-electron chi connectivity index (χ3n) is 4.70. The van der Waals surface area contributed by atoms with Crippen molar-refractivity contribution in [2.24, 2.45) is 5.41 Å². The van der Waals surface area contributed by atoms with Gasteiger partial charge in [-0.2, -0.15) is 0 Å². The third-order valence-corrected chi connectivity index (χ3v) is 5.03. The van der Waals surface area contributed by atoms with Gasteiger partial charge in [0.05, 0.1) is 10.6 Å². The van der Waals surface area contributed by atoms with Gasteiger partial charge in [0.25, 0.3) is 5.91 Å². The lowest BCUT2D eigenvalue weighted by molar-refractivity contribution is -0.117. The molecule has 0 bridgehead atoms. The number of anilines is 3. The smallest absolute Gasteiger partial charge is 0.259 e. The first kappa shape index (κ1) is 23.0. The summed E-state index contributed by atoms with van der Waals surface area (Å²) in [5.74, 6) is -0.284. The number of nitrogens with one attached hydrogen (secondary N) is 1. The molecule has 1 aliphatic heterocycles. The molecule has 3 N–H and O–H groups in total. The van der Waals surface area contributed by atoms with E-state index in [0.717, 1.165) is 24.1 Å². The first-order valence-corrected chi connectivity index (χ1v) is 9.82. The molecule has 1 aliphatic rings. The Bertz CT molecular complexity index is 923. The summed E-state index contributed by atoms with van der Waals surface area (Å²) in [6, 6.07) is 10.6. The second-order valence-corrected chi connectivity index (χ2v) is 8.79. The Morgan fingerprint density at radius 3 is 2.62 bits per heavy atom. The zero-order valence-corrected chi connectivity index (χ0v) is 18.5. The van der Waals surface area contributed by atoms with Crippen molar-refractivity contribution < 1.29 is 9.59 Å². The van der Waals surface area contributed by atoms with Crippen LogP contribution in [0.15, 0.2) is 36.4 Å². The standard InChI is InChI=1S/C22H26ClN3O2.ClH/c1-22(2,3)13-20(27)25-14-9-10-17(23)16(12-14)21(28)26-11-5-6-15-18(24)7-4-8-19(15)26;/h4,7-10,12H,5-6,11,13,24H2,1-3H3,(H,25,27);1H. The van der Waals surface area contributed by atoms with Crippen LogP contribution in [0.25, 0.3) is 0 Å². The lowest BCUT2D eigenvalue weighted by Crippen LogP contribution is -2.36. The number of benzene rings is 2. The van der Waals surface area contributed by atoms with E-state index >= 15 is 0 Å². The molecular formula is C22H27Cl2N3O2. The maximum atomic E-state index is 13.2. The van der Waals surface area contributed by atoms with E-state index in [1.54, 1.807) is 23.1 Å². The number of amides is 2. The highest BCUT2D eigenvalue weighted by Gasteiger charge is 2.26. The lowest BCUT2D eigenvalue weighted by atomic mass is 9.92. The maximum Gasteiger partial charge on any atom is 0.259 e. The van der Waals surface area contributed by atoms with Crippen LogP contribution in [0.2, 0.25) is 5.02 Å². The summed E-state index contributed by atoms with van der Waals surface area (Å²) >= 11 is 6.33. The summed E-state index contributed by atoms with van der Waals surface area (Å²) in [7, 11) is 0. The summed E-state index contributed by atoms with van der Waals surface area (Å²) in [5, 5.41) is 3.22. The molecule has 2 amide bonds. The highest BCUT2D eigenvalue weighted by molar-refractivity contribution is 6.34. The second kappa shape index (κ2) is 9.06. The molecule has 0 fully saturated rings. The fraction of sp³-hybridized carbons (Fsp3) is 0.364. The van der Waals surface area contributed by atoms with E-state index in [-0.39, 0.29) is 29.6 Å². The number of nitrogens with two attached hydrogens (primary N) is 1. The predicted octanol–water partition coefficient (Wildman–Crippen LogP) is 5.31. The van der Waals surface area contributed by atoms with Gasteiger partial charge in [0.15, 0.2) is 0 Å². The molecular weight excluding hydrogens is 409 g/mol. The van der Waals surface area contributed by atoms with Gasteiger partial charge in [-0.25, -0.2) is 0 Å². The molecule has 2 aromatic rings. The number of hydrogen-bond donors (Lipinski definition) is 2. The van der Waals surface area contributed by atoms with Gasteiger partial charge in [-0.3, -0.25) is 9.59 Å². The van der Waals surface area contributed by atoms with Crippen LogP contribution >= 0.6 is 24.0 Å². The first-order valence-electron chi connectivity index (χ1n) is 9.44. The fourth-order valence-corrected chi connectivity index (χ4v) is 3.66. The summed E-state index contributed by atoms with van der Waals surface area (Å²) in [6.07, 6.45) is 2.08. The van der Waals surface area contributed by atoms with Gasteiger partial charge in [-0.15, -0.1) is 12.4 Å². The van der Waals surface area contributed by atoms with Crippen LogP contribution in [0.1, 0.15) is 49.5 Å². The number of carbonyl (C=O) groups excluding carboxylic acids is 2. The van der Waals surface area contributed by atoms with Crippen LogP contribution in [-0.4, -0.2) is 18.4 Å². The molecule has 2 aromatic carbocycles. The third kappa shape index (κ3) is 5.43. The van der Waals surface area contributed by atoms with Gasteiger partial charge in [-0.1, -0.05) is 38.4 Å². The van der Waals surface area contributed by atoms with Gasteiger partial charge in [0.2, 0.25) is 5.91 Å². The van der Waals surface area contributed by atoms with Gasteiger partial charge < -0.3 is 16.0 Å². The van der Waals surface area contributed by atoms with Crippen LogP contribution in [0.5, 0.6) is 0 Å². The second-order valence-electron chi connectivity index (χ2n) is 8.39. The highest BCUT2D eigenvalue weighted by Crippen LogP contribution is 2.33. The molecule has 0 saturated heterocycles. The molecule has 0 atom stereocenters. The van der Waals surface area contributed by atoms with Crippen molar-refractivity contribution >= 4 is 52.9 Å². The Balaban J connectivity index is 0.00000300.